The van der Waals surface area contributed by atoms with Crippen LogP contribution >= 0.6 is 11.6 Å². The number of benzene rings is 1. The van der Waals surface area contributed by atoms with Crippen LogP contribution < -0.4 is 5.32 Å². The Morgan fingerprint density at radius 3 is 2.90 bits per heavy atom. The summed E-state index contributed by atoms with van der Waals surface area (Å²) in [5.41, 5.74) is 0.295. The molecule has 0 spiro atoms. The summed E-state index contributed by atoms with van der Waals surface area (Å²) in [4.78, 5) is 8.39. The molecule has 102 valence electrons. The maximum absolute atomic E-state index is 13.5. The fourth-order valence-corrected chi connectivity index (χ4v) is 1.94. The molecule has 0 aliphatic carbocycles. The van der Waals surface area contributed by atoms with E-state index in [1.165, 1.54) is 18.2 Å². The van der Waals surface area contributed by atoms with Gasteiger partial charge in [0.05, 0.1) is 5.69 Å². The minimum Gasteiger partial charge on any atom is -0.339 e. The maximum atomic E-state index is 13.5. The molecule has 1 heterocycles. The Balaban J connectivity index is 2.35. The second-order valence-corrected chi connectivity index (χ2v) is 4.53. The zero-order valence-electron chi connectivity index (χ0n) is 10.8. The molecule has 0 fully saturated rings. The molecule has 0 amide bonds. The number of hydrogen-bond donors (Lipinski definition) is 1. The van der Waals surface area contributed by atoms with E-state index in [0.717, 1.165) is 6.42 Å². The molecular formula is C14H12ClFN4. The monoisotopic (exact) mass is 290 g/mol. The van der Waals surface area contributed by atoms with Gasteiger partial charge in [-0.1, -0.05) is 24.6 Å². The van der Waals surface area contributed by atoms with Gasteiger partial charge in [0.25, 0.3) is 0 Å². The molecule has 0 saturated carbocycles. The molecule has 4 nitrogen and oxygen atoms in total. The molecule has 0 saturated heterocycles. The largest absolute Gasteiger partial charge is 0.339 e. The molecule has 2 aromatic rings. The van der Waals surface area contributed by atoms with Crippen LogP contribution in [0.1, 0.15) is 24.7 Å². The second kappa shape index (κ2) is 6.31. The number of hydrogen-bond acceptors (Lipinski definition) is 4. The van der Waals surface area contributed by atoms with Crippen LogP contribution in [0, 0.1) is 17.1 Å². The van der Waals surface area contributed by atoms with Gasteiger partial charge in [0.1, 0.15) is 34.2 Å². The van der Waals surface area contributed by atoms with Crippen LogP contribution in [0.25, 0.3) is 0 Å². The van der Waals surface area contributed by atoms with Crippen LogP contribution in [0.4, 0.5) is 15.9 Å². The van der Waals surface area contributed by atoms with Crippen molar-refractivity contribution in [3.8, 4) is 6.07 Å². The summed E-state index contributed by atoms with van der Waals surface area (Å²) in [7, 11) is 0. The van der Waals surface area contributed by atoms with Crippen molar-refractivity contribution < 1.29 is 4.39 Å². The summed E-state index contributed by atoms with van der Waals surface area (Å²) >= 11 is 5.93. The standard InChI is InChI=1S/C14H12ClFN4/c1-2-4-13-19-12(15)7-14(20-13)18-11-6-3-5-10(16)9(11)8-17/h3,5-7H,2,4H2,1H3,(H,18,19,20). The third kappa shape index (κ3) is 3.22. The zero-order valence-corrected chi connectivity index (χ0v) is 11.6. The van der Waals surface area contributed by atoms with Crippen LogP contribution in [0.5, 0.6) is 0 Å². The van der Waals surface area contributed by atoms with Crippen LogP contribution in [0.2, 0.25) is 5.15 Å². The van der Waals surface area contributed by atoms with Crippen LogP contribution in [-0.4, -0.2) is 9.97 Å². The van der Waals surface area contributed by atoms with Crippen molar-refractivity contribution in [2.45, 2.75) is 19.8 Å². The summed E-state index contributed by atoms with van der Waals surface area (Å²) < 4.78 is 13.5. The van der Waals surface area contributed by atoms with Gasteiger partial charge in [0, 0.05) is 12.5 Å². The quantitative estimate of drug-likeness (QED) is 0.869. The maximum Gasteiger partial charge on any atom is 0.143 e. The normalized spacial score (nSPS) is 10.1. The number of aryl methyl sites for hydroxylation is 1. The fourth-order valence-electron chi connectivity index (χ4n) is 1.74. The average Bonchev–Trinajstić information content (AvgIpc) is 2.38. The van der Waals surface area contributed by atoms with Gasteiger partial charge >= 0.3 is 0 Å². The van der Waals surface area contributed by atoms with Crippen molar-refractivity contribution in [1.29, 1.82) is 5.26 Å². The Labute approximate surface area is 121 Å². The molecule has 0 unspecified atom stereocenters. The smallest absolute Gasteiger partial charge is 0.143 e. The first-order valence-electron chi connectivity index (χ1n) is 6.13. The Kier molecular flexibility index (Phi) is 4.49. The van der Waals surface area contributed by atoms with Crippen LogP contribution in [0.3, 0.4) is 0 Å². The van der Waals surface area contributed by atoms with Gasteiger partial charge in [-0.3, -0.25) is 0 Å². The van der Waals surface area contributed by atoms with E-state index in [1.54, 1.807) is 6.07 Å². The third-order valence-electron chi connectivity index (χ3n) is 2.60. The van der Waals surface area contributed by atoms with E-state index in [9.17, 15) is 4.39 Å². The van der Waals surface area contributed by atoms with E-state index in [-0.39, 0.29) is 5.56 Å². The van der Waals surface area contributed by atoms with Crippen molar-refractivity contribution in [3.63, 3.8) is 0 Å². The number of nitrogens with zero attached hydrogens (tertiary/aromatic N) is 3. The van der Waals surface area contributed by atoms with E-state index < -0.39 is 5.82 Å². The molecule has 0 aliphatic rings. The molecule has 1 aromatic heterocycles. The molecule has 20 heavy (non-hydrogen) atoms. The van der Waals surface area contributed by atoms with Crippen LogP contribution in [0.15, 0.2) is 24.3 Å². The molecule has 1 N–H and O–H groups in total. The van der Waals surface area contributed by atoms with Crippen molar-refractivity contribution >= 4 is 23.1 Å². The highest BCUT2D eigenvalue weighted by Gasteiger charge is 2.09. The molecule has 0 bridgehead atoms. The summed E-state index contributed by atoms with van der Waals surface area (Å²) in [5.74, 6) is 0.472. The van der Waals surface area contributed by atoms with Gasteiger partial charge in [0.2, 0.25) is 0 Å². The highest BCUT2D eigenvalue weighted by atomic mass is 35.5. The van der Waals surface area contributed by atoms with Crippen molar-refractivity contribution in [3.05, 3.63) is 46.6 Å². The molecule has 0 radical (unpaired) electrons. The van der Waals surface area contributed by atoms with Gasteiger partial charge < -0.3 is 5.32 Å². The Hall–Kier alpha value is -2.19. The van der Waals surface area contributed by atoms with E-state index in [0.29, 0.717) is 28.9 Å². The third-order valence-corrected chi connectivity index (χ3v) is 2.80. The summed E-state index contributed by atoms with van der Waals surface area (Å²) in [6, 6.07) is 7.72. The number of nitrogens with one attached hydrogen (secondary N) is 1. The lowest BCUT2D eigenvalue weighted by atomic mass is 10.2. The van der Waals surface area contributed by atoms with E-state index in [4.69, 9.17) is 16.9 Å². The SMILES string of the molecule is CCCc1nc(Cl)cc(Nc2cccc(F)c2C#N)n1. The van der Waals surface area contributed by atoms with E-state index >= 15 is 0 Å². The summed E-state index contributed by atoms with van der Waals surface area (Å²) in [6.07, 6.45) is 1.59. The predicted octanol–water partition coefficient (Wildman–Crippen LogP) is 3.84. The lowest BCUT2D eigenvalue weighted by Gasteiger charge is -2.09. The Morgan fingerprint density at radius 1 is 1.40 bits per heavy atom. The lowest BCUT2D eigenvalue weighted by molar-refractivity contribution is 0.624. The minimum atomic E-state index is -0.577. The fraction of sp³-hybridized carbons (Fsp3) is 0.214. The molecule has 2 rings (SSSR count). The highest BCUT2D eigenvalue weighted by molar-refractivity contribution is 6.29. The van der Waals surface area contributed by atoms with Crippen molar-refractivity contribution in [2.75, 3.05) is 5.32 Å². The lowest BCUT2D eigenvalue weighted by Crippen LogP contribution is -2.02. The van der Waals surface area contributed by atoms with E-state index in [1.807, 2.05) is 13.0 Å². The second-order valence-electron chi connectivity index (χ2n) is 4.14. The van der Waals surface area contributed by atoms with Gasteiger partial charge in [-0.05, 0) is 18.6 Å². The summed E-state index contributed by atoms with van der Waals surface area (Å²) in [6.45, 7) is 2.01. The van der Waals surface area contributed by atoms with Crippen LogP contribution in [-0.2, 0) is 6.42 Å². The minimum absolute atomic E-state index is 0.0562. The number of aromatic nitrogens is 2. The molecule has 0 atom stereocenters. The Bertz CT molecular complexity index is 667. The van der Waals surface area contributed by atoms with Gasteiger partial charge in [0.15, 0.2) is 0 Å². The molecular weight excluding hydrogens is 279 g/mol. The summed E-state index contributed by atoms with van der Waals surface area (Å²) in [5, 5.41) is 12.2. The van der Waals surface area contributed by atoms with Gasteiger partial charge in [-0.25, -0.2) is 14.4 Å². The highest BCUT2D eigenvalue weighted by Crippen LogP contribution is 2.23. The zero-order chi connectivity index (χ0) is 14.5. The molecule has 1 aromatic carbocycles. The van der Waals surface area contributed by atoms with Crippen molar-refractivity contribution in [2.24, 2.45) is 0 Å². The topological polar surface area (TPSA) is 61.6 Å². The number of nitriles is 1. The number of anilines is 2. The Morgan fingerprint density at radius 2 is 2.20 bits per heavy atom. The van der Waals surface area contributed by atoms with Crippen molar-refractivity contribution in [1.82, 2.24) is 9.97 Å². The first kappa shape index (κ1) is 14.2. The predicted molar refractivity (Wildman–Crippen MR) is 75.4 cm³/mol. The molecule has 6 heteroatoms. The van der Waals surface area contributed by atoms with Gasteiger partial charge in [-0.2, -0.15) is 5.26 Å². The first-order valence-corrected chi connectivity index (χ1v) is 6.51. The van der Waals surface area contributed by atoms with Gasteiger partial charge in [-0.15, -0.1) is 0 Å². The van der Waals surface area contributed by atoms with E-state index in [2.05, 4.69) is 15.3 Å². The molecule has 0 aliphatic heterocycles. The first-order chi connectivity index (χ1) is 9.63. The number of rotatable bonds is 4. The average molecular weight is 291 g/mol. The number of halogens is 2.